The lowest BCUT2D eigenvalue weighted by molar-refractivity contribution is 0.444. The van der Waals surface area contributed by atoms with Gasteiger partial charge in [0.15, 0.2) is 0 Å². The van der Waals surface area contributed by atoms with Gasteiger partial charge in [0.2, 0.25) is 0 Å². The van der Waals surface area contributed by atoms with Crippen LogP contribution in [0.5, 0.6) is 0 Å². The third-order valence-electron chi connectivity index (χ3n) is 1.90. The molecule has 0 heterocycles. The fourth-order valence-corrected chi connectivity index (χ4v) is 1.27. The Balaban J connectivity index is 3.43. The Morgan fingerprint density at radius 2 is 1.73 bits per heavy atom. The summed E-state index contributed by atoms with van der Waals surface area (Å²) in [6.07, 6.45) is 2.41. The summed E-state index contributed by atoms with van der Waals surface area (Å²) in [6.45, 7) is 11.1. The van der Waals surface area contributed by atoms with Crippen molar-refractivity contribution in [1.29, 1.82) is 0 Å². The standard InChI is InChI=1S/C10H22N/c1-6-9(4)11-10(5)7-8(2)3/h9-11H,6-7H2,1-5H3/q+1. The van der Waals surface area contributed by atoms with E-state index >= 15 is 0 Å². The van der Waals surface area contributed by atoms with Gasteiger partial charge in [-0.15, -0.1) is 0 Å². The normalized spacial score (nSPS) is 16.1. The van der Waals surface area contributed by atoms with Gasteiger partial charge in [-0.05, 0) is 20.3 Å². The van der Waals surface area contributed by atoms with E-state index in [4.69, 9.17) is 0 Å². The molecule has 1 heteroatoms. The van der Waals surface area contributed by atoms with Gasteiger partial charge in [0.1, 0.15) is 6.42 Å². The van der Waals surface area contributed by atoms with Gasteiger partial charge < -0.3 is 5.32 Å². The molecule has 0 fully saturated rings. The van der Waals surface area contributed by atoms with Gasteiger partial charge in [0.25, 0.3) is 0 Å². The molecule has 0 aromatic rings. The van der Waals surface area contributed by atoms with Crippen molar-refractivity contribution in [2.75, 3.05) is 0 Å². The molecular formula is C10H22N+. The van der Waals surface area contributed by atoms with Crippen molar-refractivity contribution < 1.29 is 0 Å². The largest absolute Gasteiger partial charge is 0.308 e. The Morgan fingerprint density at radius 1 is 1.18 bits per heavy atom. The van der Waals surface area contributed by atoms with E-state index in [1.807, 2.05) is 0 Å². The highest BCUT2D eigenvalue weighted by molar-refractivity contribution is 4.83. The highest BCUT2D eigenvalue weighted by Gasteiger charge is 2.12. The summed E-state index contributed by atoms with van der Waals surface area (Å²) in [5.74, 6) is 1.51. The highest BCUT2D eigenvalue weighted by Crippen LogP contribution is 2.07. The van der Waals surface area contributed by atoms with E-state index in [9.17, 15) is 0 Å². The van der Waals surface area contributed by atoms with Gasteiger partial charge in [0.05, 0.1) is 19.8 Å². The molecule has 2 unspecified atom stereocenters. The summed E-state index contributed by atoms with van der Waals surface area (Å²) in [6, 6.07) is 1.29. The van der Waals surface area contributed by atoms with Gasteiger partial charge in [-0.2, -0.15) is 0 Å². The van der Waals surface area contributed by atoms with Crippen LogP contribution in [-0.4, -0.2) is 12.1 Å². The lowest BCUT2D eigenvalue weighted by atomic mass is 10.0. The average molecular weight is 156 g/mol. The first-order valence-electron chi connectivity index (χ1n) is 4.61. The van der Waals surface area contributed by atoms with E-state index in [1.54, 1.807) is 0 Å². The molecule has 0 aromatic carbocycles. The summed E-state index contributed by atoms with van der Waals surface area (Å²) in [5.41, 5.74) is 0. The first-order valence-corrected chi connectivity index (χ1v) is 4.61. The molecule has 0 aliphatic rings. The van der Waals surface area contributed by atoms with E-state index in [0.29, 0.717) is 12.1 Å². The Bertz CT molecular complexity index is 88.9. The minimum atomic E-state index is 0.634. The zero-order valence-corrected chi connectivity index (χ0v) is 8.57. The van der Waals surface area contributed by atoms with Crippen molar-refractivity contribution in [3.63, 3.8) is 0 Å². The fraction of sp³-hybridized carbons (Fsp3) is 0.900. The molecule has 0 radical (unpaired) electrons. The van der Waals surface area contributed by atoms with Crippen LogP contribution in [0.15, 0.2) is 0 Å². The van der Waals surface area contributed by atoms with Crippen molar-refractivity contribution in [2.24, 2.45) is 0 Å². The molecule has 0 saturated heterocycles. The maximum Gasteiger partial charge on any atom is 0.104 e. The lowest BCUT2D eigenvalue weighted by Gasteiger charge is -2.16. The van der Waals surface area contributed by atoms with E-state index < -0.39 is 0 Å². The van der Waals surface area contributed by atoms with Crippen molar-refractivity contribution in [1.82, 2.24) is 5.32 Å². The molecule has 11 heavy (non-hydrogen) atoms. The van der Waals surface area contributed by atoms with Crippen LogP contribution in [0.2, 0.25) is 0 Å². The fourth-order valence-electron chi connectivity index (χ4n) is 1.27. The predicted octanol–water partition coefficient (Wildman–Crippen LogP) is 2.77. The quantitative estimate of drug-likeness (QED) is 0.603. The first-order chi connectivity index (χ1) is 5.06. The third kappa shape index (κ3) is 6.24. The topological polar surface area (TPSA) is 12.0 Å². The van der Waals surface area contributed by atoms with Crippen LogP contribution < -0.4 is 5.32 Å². The van der Waals surface area contributed by atoms with Gasteiger partial charge >= 0.3 is 0 Å². The zero-order chi connectivity index (χ0) is 8.85. The maximum atomic E-state index is 3.54. The van der Waals surface area contributed by atoms with E-state index in [0.717, 1.165) is 0 Å². The predicted molar refractivity (Wildman–Crippen MR) is 51.6 cm³/mol. The van der Waals surface area contributed by atoms with Crippen molar-refractivity contribution in [2.45, 2.75) is 59.5 Å². The summed E-state index contributed by atoms with van der Waals surface area (Å²) in [5, 5.41) is 3.54. The van der Waals surface area contributed by atoms with Gasteiger partial charge in [0, 0.05) is 12.1 Å². The summed E-state index contributed by atoms with van der Waals surface area (Å²) < 4.78 is 0. The lowest BCUT2D eigenvalue weighted by Crippen LogP contribution is -2.34. The van der Waals surface area contributed by atoms with E-state index in [2.05, 4.69) is 39.9 Å². The molecule has 0 aromatic heterocycles. The number of rotatable bonds is 5. The average Bonchev–Trinajstić information content (AvgIpc) is 1.85. The second-order valence-corrected chi connectivity index (χ2v) is 3.79. The summed E-state index contributed by atoms with van der Waals surface area (Å²) >= 11 is 0. The van der Waals surface area contributed by atoms with Crippen molar-refractivity contribution >= 4 is 0 Å². The molecule has 0 aliphatic heterocycles. The van der Waals surface area contributed by atoms with E-state index in [-0.39, 0.29) is 0 Å². The summed E-state index contributed by atoms with van der Waals surface area (Å²) in [7, 11) is 0. The molecule has 0 rings (SSSR count). The molecule has 0 amide bonds. The smallest absolute Gasteiger partial charge is 0.104 e. The summed E-state index contributed by atoms with van der Waals surface area (Å²) in [4.78, 5) is 0. The van der Waals surface area contributed by atoms with Crippen LogP contribution in [0.4, 0.5) is 0 Å². The minimum absolute atomic E-state index is 0.634. The maximum absolute atomic E-state index is 3.54. The van der Waals surface area contributed by atoms with Crippen molar-refractivity contribution in [3.8, 4) is 0 Å². The second kappa shape index (κ2) is 5.48. The Morgan fingerprint density at radius 3 is 2.09 bits per heavy atom. The van der Waals surface area contributed by atoms with Crippen LogP contribution in [-0.2, 0) is 0 Å². The van der Waals surface area contributed by atoms with E-state index in [1.165, 1.54) is 18.8 Å². The molecule has 0 saturated carbocycles. The number of nitrogens with one attached hydrogen (secondary N) is 1. The van der Waals surface area contributed by atoms with Crippen LogP contribution in [0.1, 0.15) is 47.5 Å². The molecule has 1 N–H and O–H groups in total. The number of hydrogen-bond acceptors (Lipinski definition) is 1. The first kappa shape index (κ1) is 10.8. The van der Waals surface area contributed by atoms with Crippen LogP contribution in [0, 0.1) is 5.92 Å². The molecule has 0 aliphatic carbocycles. The molecule has 66 valence electrons. The van der Waals surface area contributed by atoms with Crippen molar-refractivity contribution in [3.05, 3.63) is 5.92 Å². The van der Waals surface area contributed by atoms with Gasteiger partial charge in [-0.1, -0.05) is 6.92 Å². The van der Waals surface area contributed by atoms with Crippen LogP contribution in [0.25, 0.3) is 0 Å². The third-order valence-corrected chi connectivity index (χ3v) is 1.90. The molecular weight excluding hydrogens is 134 g/mol. The number of hydrogen-bond donors (Lipinski definition) is 1. The second-order valence-electron chi connectivity index (χ2n) is 3.79. The SMILES string of the molecule is CCC(C)NC(C)C[C+](C)C. The van der Waals surface area contributed by atoms with Crippen LogP contribution in [0.3, 0.4) is 0 Å². The van der Waals surface area contributed by atoms with Gasteiger partial charge in [-0.25, -0.2) is 0 Å². The molecule has 2 atom stereocenters. The Labute approximate surface area is 71.6 Å². The minimum Gasteiger partial charge on any atom is -0.308 e. The molecule has 0 spiro atoms. The van der Waals surface area contributed by atoms with Gasteiger partial charge in [-0.3, -0.25) is 0 Å². The van der Waals surface area contributed by atoms with Crippen LogP contribution >= 0.6 is 0 Å². The molecule has 0 bridgehead atoms. The molecule has 1 nitrogen and oxygen atoms in total. The highest BCUT2D eigenvalue weighted by atomic mass is 14.9. The Kier molecular flexibility index (Phi) is 5.39. The zero-order valence-electron chi connectivity index (χ0n) is 8.57. The monoisotopic (exact) mass is 156 g/mol. The Hall–Kier alpha value is -0.170.